The first kappa shape index (κ1) is 51.0. The van der Waals surface area contributed by atoms with Gasteiger partial charge in [0.05, 0.1) is 18.8 Å². The summed E-state index contributed by atoms with van der Waals surface area (Å²) in [6.45, 7) is 4.07. The zero-order chi connectivity index (χ0) is 38.2. The van der Waals surface area contributed by atoms with Crippen LogP contribution in [0.2, 0.25) is 0 Å². The summed E-state index contributed by atoms with van der Waals surface area (Å²) in [5, 5.41) is 13.4. The minimum Gasteiger partial charge on any atom is -0.387 e. The molecule has 2 atom stereocenters. The molecule has 0 bridgehead atoms. The number of rotatable bonds is 41. The number of aliphatic hydroxyl groups is 1. The smallest absolute Gasteiger partial charge is 0.387 e. The molecule has 0 aromatic heterocycles. The molecule has 0 fully saturated rings. The fourth-order valence-electron chi connectivity index (χ4n) is 6.75. The molecule has 52 heavy (non-hydrogen) atoms. The Balaban J connectivity index is 3.85. The number of nitrogens with one attached hydrogen (secondary N) is 1. The third kappa shape index (κ3) is 40.2. The van der Waals surface area contributed by atoms with Gasteiger partial charge in [-0.05, 0) is 44.9 Å². The second-order valence-electron chi connectivity index (χ2n) is 15.4. The fourth-order valence-corrected chi connectivity index (χ4v) is 7.10. The SMILES string of the molecule is CCCCCCCC/C=C\CCCCCCCCCCCCCCCC(=O)N[C@@H](COP(=O)(O)O)[C@H](O)/C=C/CCCCCCCCCCCCC. The van der Waals surface area contributed by atoms with Crippen LogP contribution in [0.4, 0.5) is 0 Å². The molecule has 8 heteroatoms. The molecule has 0 saturated heterocycles. The standard InChI is InChI=1S/C44H86NO6P/c1-3-5-7-9-11-13-15-17-18-19-20-21-22-23-24-25-26-28-30-32-34-36-38-40-44(47)45-42(41-51-52(48,49)50)43(46)39-37-35-33-31-29-27-16-14-12-10-8-6-4-2/h17-18,37,39,42-43,46H,3-16,19-36,38,40-41H2,1-2H3,(H,45,47)(H2,48,49,50)/b18-17-,39-37+/t42-,43+/m0/s1. The second-order valence-corrected chi connectivity index (χ2v) is 16.6. The molecule has 0 heterocycles. The van der Waals surface area contributed by atoms with E-state index in [1.54, 1.807) is 6.08 Å². The zero-order valence-electron chi connectivity index (χ0n) is 34.2. The highest BCUT2D eigenvalue weighted by molar-refractivity contribution is 7.46. The molecule has 0 saturated carbocycles. The van der Waals surface area contributed by atoms with Gasteiger partial charge < -0.3 is 20.2 Å². The summed E-state index contributed by atoms with van der Waals surface area (Å²) in [7, 11) is -4.71. The third-order valence-electron chi connectivity index (χ3n) is 10.2. The van der Waals surface area contributed by atoms with Gasteiger partial charge in [-0.3, -0.25) is 9.32 Å². The van der Waals surface area contributed by atoms with E-state index in [1.165, 1.54) is 173 Å². The molecule has 0 aromatic rings. The van der Waals surface area contributed by atoms with Gasteiger partial charge in [0, 0.05) is 6.42 Å². The van der Waals surface area contributed by atoms with Crippen molar-refractivity contribution >= 4 is 13.7 Å². The predicted octanol–water partition coefficient (Wildman–Crippen LogP) is 13.4. The average molecular weight is 756 g/mol. The van der Waals surface area contributed by atoms with Crippen molar-refractivity contribution in [2.24, 2.45) is 0 Å². The number of carbonyl (C=O) groups is 1. The monoisotopic (exact) mass is 756 g/mol. The molecule has 0 aliphatic rings. The molecule has 0 aliphatic heterocycles. The van der Waals surface area contributed by atoms with Gasteiger partial charge in [-0.25, -0.2) is 4.57 Å². The van der Waals surface area contributed by atoms with E-state index >= 15 is 0 Å². The van der Waals surface area contributed by atoms with Crippen molar-refractivity contribution < 1.29 is 28.8 Å². The largest absolute Gasteiger partial charge is 0.469 e. The van der Waals surface area contributed by atoms with Gasteiger partial charge in [0.1, 0.15) is 0 Å². The Morgan fingerprint density at radius 1 is 0.538 bits per heavy atom. The molecule has 0 radical (unpaired) electrons. The zero-order valence-corrected chi connectivity index (χ0v) is 35.1. The van der Waals surface area contributed by atoms with Gasteiger partial charge in [0.15, 0.2) is 0 Å². The van der Waals surface area contributed by atoms with Crippen LogP contribution in [0.3, 0.4) is 0 Å². The Morgan fingerprint density at radius 3 is 1.23 bits per heavy atom. The van der Waals surface area contributed by atoms with Crippen LogP contribution in [0.15, 0.2) is 24.3 Å². The van der Waals surface area contributed by atoms with Gasteiger partial charge in [0.25, 0.3) is 0 Å². The number of phosphoric acid groups is 1. The quantitative estimate of drug-likeness (QED) is 0.0280. The van der Waals surface area contributed by atoms with Crippen LogP contribution in [0.5, 0.6) is 0 Å². The Hall–Kier alpha value is -0.980. The molecule has 1 amide bonds. The summed E-state index contributed by atoms with van der Waals surface area (Å²) < 4.78 is 15.9. The number of unbranched alkanes of at least 4 members (excludes halogenated alkanes) is 30. The molecule has 0 rings (SSSR count). The average Bonchev–Trinajstić information content (AvgIpc) is 3.11. The maximum atomic E-state index is 12.6. The number of hydrogen-bond acceptors (Lipinski definition) is 4. The molecule has 308 valence electrons. The Morgan fingerprint density at radius 2 is 0.865 bits per heavy atom. The van der Waals surface area contributed by atoms with E-state index in [0.29, 0.717) is 6.42 Å². The molecular formula is C44H86NO6P. The highest BCUT2D eigenvalue weighted by Gasteiger charge is 2.24. The van der Waals surface area contributed by atoms with E-state index in [4.69, 9.17) is 9.79 Å². The van der Waals surface area contributed by atoms with Crippen molar-refractivity contribution in [3.8, 4) is 0 Å². The van der Waals surface area contributed by atoms with Crippen LogP contribution in [0.1, 0.15) is 232 Å². The predicted molar refractivity (Wildman–Crippen MR) is 223 cm³/mol. The third-order valence-corrected chi connectivity index (χ3v) is 10.6. The number of amides is 1. The normalized spacial score (nSPS) is 13.4. The molecule has 4 N–H and O–H groups in total. The number of phosphoric ester groups is 1. The minimum atomic E-state index is -4.71. The molecule has 0 aliphatic carbocycles. The van der Waals surface area contributed by atoms with Crippen molar-refractivity contribution in [3.05, 3.63) is 24.3 Å². The maximum Gasteiger partial charge on any atom is 0.469 e. The number of aliphatic hydroxyl groups excluding tert-OH is 1. The van der Waals surface area contributed by atoms with Crippen molar-refractivity contribution in [3.63, 3.8) is 0 Å². The highest BCUT2D eigenvalue weighted by atomic mass is 31.2. The number of carbonyl (C=O) groups excluding carboxylic acids is 1. The summed E-state index contributed by atoms with van der Waals surface area (Å²) in [4.78, 5) is 30.9. The molecule has 0 spiro atoms. The lowest BCUT2D eigenvalue weighted by atomic mass is 10.0. The van der Waals surface area contributed by atoms with E-state index in [1.807, 2.05) is 6.08 Å². The highest BCUT2D eigenvalue weighted by Crippen LogP contribution is 2.35. The van der Waals surface area contributed by atoms with E-state index in [-0.39, 0.29) is 5.91 Å². The van der Waals surface area contributed by atoms with Crippen molar-refractivity contribution in [2.45, 2.75) is 244 Å². The first-order valence-electron chi connectivity index (χ1n) is 22.3. The van der Waals surface area contributed by atoms with Gasteiger partial charge >= 0.3 is 7.82 Å². The van der Waals surface area contributed by atoms with E-state index < -0.39 is 26.6 Å². The van der Waals surface area contributed by atoms with Crippen LogP contribution in [-0.4, -0.2) is 39.6 Å². The first-order valence-corrected chi connectivity index (χ1v) is 23.8. The topological polar surface area (TPSA) is 116 Å². The lowest BCUT2D eigenvalue weighted by Gasteiger charge is -2.22. The van der Waals surface area contributed by atoms with E-state index in [9.17, 15) is 14.5 Å². The lowest BCUT2D eigenvalue weighted by molar-refractivity contribution is -0.123. The Labute approximate surface area is 322 Å². The minimum absolute atomic E-state index is 0.225. The maximum absolute atomic E-state index is 12.6. The van der Waals surface area contributed by atoms with Gasteiger partial charge in [0.2, 0.25) is 5.91 Å². The second kappa shape index (κ2) is 39.7. The van der Waals surface area contributed by atoms with Crippen LogP contribution in [-0.2, 0) is 13.9 Å². The van der Waals surface area contributed by atoms with Gasteiger partial charge in [-0.2, -0.15) is 0 Å². The molecule has 7 nitrogen and oxygen atoms in total. The van der Waals surface area contributed by atoms with Crippen LogP contribution in [0, 0.1) is 0 Å². The Kier molecular flexibility index (Phi) is 39.0. The molecule has 0 aromatic carbocycles. The summed E-state index contributed by atoms with van der Waals surface area (Å²) in [5.74, 6) is -0.225. The lowest BCUT2D eigenvalue weighted by Crippen LogP contribution is -2.45. The van der Waals surface area contributed by atoms with E-state index in [0.717, 1.165) is 38.5 Å². The van der Waals surface area contributed by atoms with Crippen LogP contribution < -0.4 is 5.32 Å². The number of allylic oxidation sites excluding steroid dienone is 3. The first-order chi connectivity index (χ1) is 25.3. The van der Waals surface area contributed by atoms with Crippen LogP contribution in [0.25, 0.3) is 0 Å². The summed E-state index contributed by atoms with van der Waals surface area (Å²) in [6, 6.07) is -0.907. The summed E-state index contributed by atoms with van der Waals surface area (Å²) in [6.07, 6.45) is 49.2. The van der Waals surface area contributed by atoms with E-state index in [2.05, 4.69) is 35.8 Å². The summed E-state index contributed by atoms with van der Waals surface area (Å²) in [5.41, 5.74) is 0. The Bertz CT molecular complexity index is 860. The summed E-state index contributed by atoms with van der Waals surface area (Å²) >= 11 is 0. The number of hydrogen-bond donors (Lipinski definition) is 4. The fraction of sp³-hybridized carbons (Fsp3) is 0.886. The molecule has 0 unspecified atom stereocenters. The van der Waals surface area contributed by atoms with Crippen molar-refractivity contribution in [1.82, 2.24) is 5.32 Å². The van der Waals surface area contributed by atoms with Gasteiger partial charge in [-0.1, -0.05) is 205 Å². The van der Waals surface area contributed by atoms with Crippen molar-refractivity contribution in [2.75, 3.05) is 6.61 Å². The van der Waals surface area contributed by atoms with Crippen molar-refractivity contribution in [1.29, 1.82) is 0 Å². The van der Waals surface area contributed by atoms with Crippen LogP contribution >= 0.6 is 7.82 Å². The molecular weight excluding hydrogens is 669 g/mol. The van der Waals surface area contributed by atoms with Gasteiger partial charge in [-0.15, -0.1) is 0 Å².